The van der Waals surface area contributed by atoms with Crippen LogP contribution in [0.25, 0.3) is 40.3 Å². The largest absolute Gasteiger partial charge is 0.456 e. The summed E-state index contributed by atoms with van der Waals surface area (Å²) in [5.41, 5.74) is 13.7. The second kappa shape index (κ2) is 20.9. The van der Waals surface area contributed by atoms with E-state index in [2.05, 4.69) is 273 Å². The fourth-order valence-electron chi connectivity index (χ4n) is 12.4. The van der Waals surface area contributed by atoms with Gasteiger partial charge in [-0.15, -0.1) is 13.2 Å². The van der Waals surface area contributed by atoms with Crippen molar-refractivity contribution in [1.29, 1.82) is 0 Å². The van der Waals surface area contributed by atoms with Crippen molar-refractivity contribution in [2.75, 3.05) is 4.90 Å². The zero-order chi connectivity index (χ0) is 51.6. The van der Waals surface area contributed by atoms with E-state index in [0.29, 0.717) is 0 Å². The van der Waals surface area contributed by atoms with E-state index in [-0.39, 0.29) is 23.9 Å². The van der Waals surface area contributed by atoms with Gasteiger partial charge in [0.1, 0.15) is 11.0 Å². The van der Waals surface area contributed by atoms with E-state index in [4.69, 9.17) is 4.42 Å². The number of nitrogens with zero attached hydrogens (tertiary/aromatic N) is 2. The maximum Gasteiger partial charge on any atom is 0.179 e. The van der Waals surface area contributed by atoms with Gasteiger partial charge < -0.3 is 14.2 Å². The minimum Gasteiger partial charge on any atom is -0.456 e. The van der Waals surface area contributed by atoms with Crippen LogP contribution < -0.4 is 36.3 Å². The maximum absolute atomic E-state index is 6.33. The van der Waals surface area contributed by atoms with Crippen LogP contribution in [0, 0.1) is 5.92 Å². The molecule has 4 atom stereocenters. The smallest absolute Gasteiger partial charge is 0.179 e. The Kier molecular flexibility index (Phi) is 13.3. The van der Waals surface area contributed by atoms with Crippen molar-refractivity contribution in [3.05, 3.63) is 302 Å². The normalized spacial score (nSPS) is 17.9. The van der Waals surface area contributed by atoms with Gasteiger partial charge in [0, 0.05) is 45.2 Å². The molecular weight excluding hydrogens is 937 g/mol. The first-order chi connectivity index (χ1) is 37.4. The van der Waals surface area contributed by atoms with Crippen LogP contribution in [-0.4, -0.2) is 25.1 Å². The Labute approximate surface area is 449 Å². The average Bonchev–Trinajstić information content (AvgIpc) is 4.19. The zero-order valence-electron chi connectivity index (χ0n) is 43.0. The van der Waals surface area contributed by atoms with E-state index in [0.717, 1.165) is 64.9 Å². The lowest BCUT2D eigenvalue weighted by molar-refractivity contribution is 0.275. The summed E-state index contributed by atoms with van der Waals surface area (Å²) in [5, 5.41) is 7.85. The Balaban J connectivity index is 0.853. The number of fused-ring (bicyclic) bond motifs is 4. The molecule has 8 aromatic carbocycles. The molecule has 4 heteroatoms. The van der Waals surface area contributed by atoms with Gasteiger partial charge in [-0.1, -0.05) is 213 Å². The number of para-hydroxylation sites is 1. The lowest BCUT2D eigenvalue weighted by Crippen LogP contribution is -2.74. The molecule has 1 saturated heterocycles. The molecular formula is C72H62N2OSi. The summed E-state index contributed by atoms with van der Waals surface area (Å²) in [5.74, 6) is 0.494. The highest BCUT2D eigenvalue weighted by molar-refractivity contribution is 7.19. The van der Waals surface area contributed by atoms with Crippen molar-refractivity contribution in [1.82, 2.24) is 4.90 Å². The van der Waals surface area contributed by atoms with Crippen molar-refractivity contribution in [2.24, 2.45) is 5.92 Å². The molecule has 9 aromatic rings. The number of hydrogen-bond donors (Lipinski definition) is 0. The number of benzene rings is 8. The van der Waals surface area contributed by atoms with Crippen LogP contribution in [-0.2, 0) is 0 Å². The molecule has 3 heterocycles. The SMILES string of the molecule is C=CCC1C(=C)C(C/C=C/c2ccc(N(c3ccc(-c4ccc([Si](c5ccccc5)(c5ccccc5)c5ccccc5)cc4)cc3)c3ccc(C4C=c5oc6ccccc6c5=CC4)cc3)cc2)N2C1=CC(=C)C2CC=C. The van der Waals surface area contributed by atoms with Crippen LogP contribution >= 0.6 is 0 Å². The van der Waals surface area contributed by atoms with Crippen LogP contribution in [0.1, 0.15) is 42.7 Å². The van der Waals surface area contributed by atoms with Gasteiger partial charge in [-0.05, 0) is 134 Å². The Morgan fingerprint density at radius 3 is 1.67 bits per heavy atom. The van der Waals surface area contributed by atoms with E-state index in [9.17, 15) is 0 Å². The van der Waals surface area contributed by atoms with E-state index >= 15 is 0 Å². The van der Waals surface area contributed by atoms with Gasteiger partial charge in [0.05, 0.1) is 12.1 Å². The van der Waals surface area contributed by atoms with E-state index in [1.165, 1.54) is 59.3 Å². The van der Waals surface area contributed by atoms with Gasteiger partial charge in [0.25, 0.3) is 0 Å². The predicted octanol–water partition coefficient (Wildman–Crippen LogP) is 13.9. The quantitative estimate of drug-likeness (QED) is 0.0546. The van der Waals surface area contributed by atoms with Gasteiger partial charge in [-0.25, -0.2) is 0 Å². The van der Waals surface area contributed by atoms with Crippen molar-refractivity contribution in [2.45, 2.75) is 43.7 Å². The molecule has 0 N–H and O–H groups in total. The molecule has 0 saturated carbocycles. The molecule has 0 amide bonds. The molecule has 1 aromatic heterocycles. The van der Waals surface area contributed by atoms with Gasteiger partial charge in [0.2, 0.25) is 0 Å². The minimum atomic E-state index is -2.64. The Hall–Kier alpha value is -8.70. The van der Waals surface area contributed by atoms with Crippen LogP contribution in [0.5, 0.6) is 0 Å². The van der Waals surface area contributed by atoms with Gasteiger partial charge in [-0.2, -0.15) is 0 Å². The summed E-state index contributed by atoms with van der Waals surface area (Å²) in [7, 11) is -2.64. The Morgan fingerprint density at radius 1 is 0.553 bits per heavy atom. The number of allylic oxidation sites excluding steroid dienone is 2. The molecule has 3 aliphatic rings. The predicted molar refractivity (Wildman–Crippen MR) is 324 cm³/mol. The van der Waals surface area contributed by atoms with Crippen LogP contribution in [0.3, 0.4) is 0 Å². The van der Waals surface area contributed by atoms with Gasteiger partial charge in [0.15, 0.2) is 8.07 Å². The summed E-state index contributed by atoms with van der Waals surface area (Å²) >= 11 is 0. The third kappa shape index (κ3) is 8.78. The molecule has 12 rings (SSSR count). The molecule has 2 aliphatic heterocycles. The number of furan rings is 1. The van der Waals surface area contributed by atoms with Gasteiger partial charge >= 0.3 is 0 Å². The summed E-state index contributed by atoms with van der Waals surface area (Å²) in [6.07, 6.45) is 19.1. The van der Waals surface area contributed by atoms with Crippen LogP contribution in [0.2, 0.25) is 0 Å². The van der Waals surface area contributed by atoms with Crippen LogP contribution in [0.15, 0.2) is 284 Å². The highest BCUT2D eigenvalue weighted by Gasteiger charge is 2.45. The van der Waals surface area contributed by atoms with E-state index < -0.39 is 8.07 Å². The minimum absolute atomic E-state index is 0.202. The van der Waals surface area contributed by atoms with Gasteiger partial charge in [-0.3, -0.25) is 0 Å². The summed E-state index contributed by atoms with van der Waals surface area (Å²) in [4.78, 5) is 4.92. The first-order valence-electron chi connectivity index (χ1n) is 26.8. The topological polar surface area (TPSA) is 19.6 Å². The van der Waals surface area contributed by atoms with Crippen molar-refractivity contribution in [3.8, 4) is 11.1 Å². The third-order valence-electron chi connectivity index (χ3n) is 16.1. The highest BCUT2D eigenvalue weighted by Crippen LogP contribution is 2.48. The van der Waals surface area contributed by atoms with Crippen molar-refractivity contribution >= 4 is 75.1 Å². The molecule has 76 heavy (non-hydrogen) atoms. The molecule has 1 fully saturated rings. The fourth-order valence-corrected chi connectivity index (χ4v) is 17.2. The van der Waals surface area contributed by atoms with E-state index in [1.807, 2.05) is 18.2 Å². The highest BCUT2D eigenvalue weighted by atomic mass is 28.3. The Morgan fingerprint density at radius 2 is 1.08 bits per heavy atom. The first-order valence-corrected chi connectivity index (χ1v) is 28.8. The Bertz CT molecular complexity index is 3680. The molecule has 0 spiro atoms. The fraction of sp³-hybridized carbons (Fsp3) is 0.111. The molecule has 0 radical (unpaired) electrons. The maximum atomic E-state index is 6.33. The summed E-state index contributed by atoms with van der Waals surface area (Å²) in [6.45, 7) is 17.2. The monoisotopic (exact) mass is 998 g/mol. The van der Waals surface area contributed by atoms with Crippen molar-refractivity contribution < 1.29 is 4.42 Å². The molecule has 4 unspecified atom stereocenters. The average molecular weight is 999 g/mol. The number of rotatable bonds is 16. The molecule has 0 bridgehead atoms. The lowest BCUT2D eigenvalue weighted by Gasteiger charge is -2.34. The second-order valence-corrected chi connectivity index (χ2v) is 24.3. The second-order valence-electron chi connectivity index (χ2n) is 20.5. The molecule has 3 nitrogen and oxygen atoms in total. The standard InChI is InChI=1S/C72H62N2OSi/c1-5-19-65-52(4)69(74-68(20-6-2)51(3)49-70(65)74)29-18-21-53-31-40-58(41-32-53)73(60-44-35-56(36-45-60)57-39-48-67-66-28-16-17-30-71(66)75-72(67)50-57)59-42-33-54(34-43-59)55-37-46-64(47-38-55)76(61-22-10-7-11-23-61,62-24-12-8-13-25-62)63-26-14-9-15-27-63/h5-18,21-28,30-38,40-50,57,65,68-69H,1-4,19-20,29,39H2/b21-18+. The third-order valence-corrected chi connectivity index (χ3v) is 20.9. The number of hydrogen-bond acceptors (Lipinski definition) is 3. The molecule has 370 valence electrons. The zero-order valence-corrected chi connectivity index (χ0v) is 44.0. The van der Waals surface area contributed by atoms with E-state index in [1.54, 1.807) is 0 Å². The van der Waals surface area contributed by atoms with Crippen molar-refractivity contribution in [3.63, 3.8) is 0 Å². The van der Waals surface area contributed by atoms with Crippen LogP contribution in [0.4, 0.5) is 17.1 Å². The lowest BCUT2D eigenvalue weighted by atomic mass is 9.91. The molecule has 1 aliphatic carbocycles. The number of anilines is 3. The summed E-state index contributed by atoms with van der Waals surface area (Å²) in [6, 6.07) is 78.6. The first kappa shape index (κ1) is 48.2. The summed E-state index contributed by atoms with van der Waals surface area (Å²) < 4.78 is 6.33.